The van der Waals surface area contributed by atoms with Crippen LogP contribution in [0.25, 0.3) is 5.69 Å². The van der Waals surface area contributed by atoms with Gasteiger partial charge in [-0.2, -0.15) is 4.98 Å². The second-order valence-corrected chi connectivity index (χ2v) is 10.8. The lowest BCUT2D eigenvalue weighted by molar-refractivity contribution is 0.0223. The third-order valence-corrected chi connectivity index (χ3v) is 6.72. The van der Waals surface area contributed by atoms with Crippen molar-refractivity contribution in [1.82, 2.24) is 24.4 Å². The Morgan fingerprint density at radius 1 is 1.21 bits per heavy atom. The van der Waals surface area contributed by atoms with Gasteiger partial charge in [0, 0.05) is 55.4 Å². The molecule has 0 saturated carbocycles. The van der Waals surface area contributed by atoms with Crippen molar-refractivity contribution in [1.29, 1.82) is 0 Å². The number of imidazole rings is 1. The number of aromatic nitrogens is 4. The van der Waals surface area contributed by atoms with E-state index in [1.807, 2.05) is 62.7 Å². The fraction of sp³-hybridized carbons (Fsp3) is 0.500. The zero-order chi connectivity index (χ0) is 26.7. The number of benzene rings is 1. The van der Waals surface area contributed by atoms with Gasteiger partial charge >= 0.3 is 6.09 Å². The maximum atomic E-state index is 12.8. The summed E-state index contributed by atoms with van der Waals surface area (Å²) in [6.45, 7) is 10.1. The standard InChI is InChI=1S/C28H37N7O3/c1-19-29-14-16-35(19)21-9-7-20(8-10-21)31-26-32-24-12-15-34(27(36)38-28(2,3)4)18-23(24)25(33-26)30-13-11-22-6-5-17-37-22/h7-10,14,16,22H,5-6,11-13,15,17-18H2,1-4H3,(H2,30,31,32,33). The molecule has 5 rings (SSSR count). The highest BCUT2D eigenvalue weighted by atomic mass is 16.6. The Labute approximate surface area is 223 Å². The molecule has 0 spiro atoms. The molecule has 0 aliphatic carbocycles. The van der Waals surface area contributed by atoms with Gasteiger partial charge in [-0.05, 0) is 71.2 Å². The van der Waals surface area contributed by atoms with Gasteiger partial charge in [0.1, 0.15) is 17.2 Å². The summed E-state index contributed by atoms with van der Waals surface area (Å²) >= 11 is 0. The van der Waals surface area contributed by atoms with Gasteiger partial charge in [0.2, 0.25) is 5.95 Å². The first-order valence-electron chi connectivity index (χ1n) is 13.4. The summed E-state index contributed by atoms with van der Waals surface area (Å²) in [6, 6.07) is 8.09. The number of ether oxygens (including phenoxy) is 2. The first kappa shape index (κ1) is 26.0. The van der Waals surface area contributed by atoms with Crippen molar-refractivity contribution in [2.45, 2.75) is 71.6 Å². The monoisotopic (exact) mass is 519 g/mol. The van der Waals surface area contributed by atoms with E-state index in [9.17, 15) is 4.79 Å². The molecular formula is C28H37N7O3. The first-order chi connectivity index (χ1) is 18.2. The van der Waals surface area contributed by atoms with Gasteiger partial charge in [0.25, 0.3) is 0 Å². The summed E-state index contributed by atoms with van der Waals surface area (Å²) in [5.41, 5.74) is 3.26. The number of nitrogens with one attached hydrogen (secondary N) is 2. The number of anilines is 3. The van der Waals surface area contributed by atoms with Crippen LogP contribution < -0.4 is 10.6 Å². The van der Waals surface area contributed by atoms with Crippen molar-refractivity contribution in [3.63, 3.8) is 0 Å². The number of fused-ring (bicyclic) bond motifs is 1. The number of nitrogens with zero attached hydrogens (tertiary/aromatic N) is 5. The van der Waals surface area contributed by atoms with Gasteiger partial charge < -0.3 is 29.6 Å². The van der Waals surface area contributed by atoms with Crippen molar-refractivity contribution < 1.29 is 14.3 Å². The fourth-order valence-electron chi connectivity index (χ4n) is 4.81. The number of hydrogen-bond acceptors (Lipinski definition) is 8. The summed E-state index contributed by atoms with van der Waals surface area (Å²) in [5.74, 6) is 2.21. The van der Waals surface area contributed by atoms with Crippen molar-refractivity contribution in [2.75, 3.05) is 30.3 Å². The summed E-state index contributed by atoms with van der Waals surface area (Å²) in [6.07, 6.45) is 7.46. The van der Waals surface area contributed by atoms with Crippen molar-refractivity contribution in [2.24, 2.45) is 0 Å². The van der Waals surface area contributed by atoms with E-state index < -0.39 is 5.60 Å². The molecule has 1 fully saturated rings. The third kappa shape index (κ3) is 6.24. The molecule has 10 heteroatoms. The molecule has 2 aliphatic rings. The van der Waals surface area contributed by atoms with Crippen LogP contribution in [-0.4, -0.2) is 61.9 Å². The lowest BCUT2D eigenvalue weighted by atomic mass is 10.1. The smallest absolute Gasteiger partial charge is 0.410 e. The molecule has 2 N–H and O–H groups in total. The lowest BCUT2D eigenvalue weighted by Gasteiger charge is -2.31. The molecule has 202 valence electrons. The predicted octanol–water partition coefficient (Wildman–Crippen LogP) is 4.99. The van der Waals surface area contributed by atoms with Gasteiger partial charge in [-0.3, -0.25) is 0 Å². The van der Waals surface area contributed by atoms with Crippen molar-refractivity contribution >= 4 is 23.5 Å². The molecule has 10 nitrogen and oxygen atoms in total. The SMILES string of the molecule is Cc1nccn1-c1ccc(Nc2nc3c(c(NCCC4CCCO4)n2)CN(C(=O)OC(C)(C)C)CC3)cc1. The minimum absolute atomic E-state index is 0.286. The molecule has 2 aromatic heterocycles. The number of hydrogen-bond donors (Lipinski definition) is 2. The molecule has 3 aromatic rings. The van der Waals surface area contributed by atoms with E-state index in [1.54, 1.807) is 11.1 Å². The van der Waals surface area contributed by atoms with Crippen LogP contribution in [0.3, 0.4) is 0 Å². The molecule has 1 amide bonds. The molecule has 1 saturated heterocycles. The Kier molecular flexibility index (Phi) is 7.51. The maximum Gasteiger partial charge on any atom is 0.410 e. The average Bonchev–Trinajstić information content (AvgIpc) is 3.55. The molecular weight excluding hydrogens is 482 g/mol. The number of amides is 1. The molecule has 38 heavy (non-hydrogen) atoms. The fourth-order valence-corrected chi connectivity index (χ4v) is 4.81. The van der Waals surface area contributed by atoms with E-state index in [-0.39, 0.29) is 12.2 Å². The summed E-state index contributed by atoms with van der Waals surface area (Å²) in [7, 11) is 0. The van der Waals surface area contributed by atoms with E-state index in [0.29, 0.717) is 25.5 Å². The zero-order valence-electron chi connectivity index (χ0n) is 22.7. The quantitative estimate of drug-likeness (QED) is 0.450. The highest BCUT2D eigenvalue weighted by molar-refractivity contribution is 5.69. The Bertz CT molecular complexity index is 1260. The molecule has 1 aromatic carbocycles. The van der Waals surface area contributed by atoms with Crippen LogP contribution in [-0.2, 0) is 22.4 Å². The van der Waals surface area contributed by atoms with Crippen LogP contribution >= 0.6 is 0 Å². The highest BCUT2D eigenvalue weighted by Crippen LogP contribution is 2.28. The number of aryl methyl sites for hydroxylation is 1. The number of carbonyl (C=O) groups excluding carboxylic acids is 1. The predicted molar refractivity (Wildman–Crippen MR) is 146 cm³/mol. The number of carbonyl (C=O) groups is 1. The Morgan fingerprint density at radius 3 is 2.71 bits per heavy atom. The molecule has 4 heterocycles. The van der Waals surface area contributed by atoms with Crippen LogP contribution in [0.5, 0.6) is 0 Å². The average molecular weight is 520 g/mol. The Morgan fingerprint density at radius 2 is 2.03 bits per heavy atom. The second-order valence-electron chi connectivity index (χ2n) is 10.8. The summed E-state index contributed by atoms with van der Waals surface area (Å²) < 4.78 is 13.4. The van der Waals surface area contributed by atoms with E-state index in [4.69, 9.17) is 19.4 Å². The topological polar surface area (TPSA) is 106 Å². The van der Waals surface area contributed by atoms with Gasteiger partial charge in [-0.15, -0.1) is 0 Å². The molecule has 0 radical (unpaired) electrons. The molecule has 0 bridgehead atoms. The minimum Gasteiger partial charge on any atom is -0.444 e. The van der Waals surface area contributed by atoms with E-state index in [0.717, 1.165) is 66.7 Å². The molecule has 1 unspecified atom stereocenters. The van der Waals surface area contributed by atoms with Crippen molar-refractivity contribution in [3.8, 4) is 5.69 Å². The van der Waals surface area contributed by atoms with Gasteiger partial charge in [-0.1, -0.05) is 0 Å². The van der Waals surface area contributed by atoms with E-state index in [2.05, 4.69) is 15.6 Å². The van der Waals surface area contributed by atoms with Crippen LogP contribution in [0.4, 0.5) is 22.2 Å². The largest absolute Gasteiger partial charge is 0.444 e. The summed E-state index contributed by atoms with van der Waals surface area (Å²) in [4.78, 5) is 28.5. The third-order valence-electron chi connectivity index (χ3n) is 6.72. The Hall–Kier alpha value is -3.66. The van der Waals surface area contributed by atoms with Gasteiger partial charge in [-0.25, -0.2) is 14.8 Å². The Balaban J connectivity index is 1.35. The van der Waals surface area contributed by atoms with Crippen LogP contribution in [0.15, 0.2) is 36.7 Å². The lowest BCUT2D eigenvalue weighted by Crippen LogP contribution is -2.40. The second kappa shape index (κ2) is 11.0. The van der Waals surface area contributed by atoms with E-state index in [1.165, 1.54) is 0 Å². The van der Waals surface area contributed by atoms with Crippen LogP contribution in [0.2, 0.25) is 0 Å². The van der Waals surface area contributed by atoms with Gasteiger partial charge in [0.05, 0.1) is 18.3 Å². The minimum atomic E-state index is -0.546. The normalized spacial score (nSPS) is 17.3. The molecule has 1 atom stereocenters. The summed E-state index contributed by atoms with van der Waals surface area (Å²) in [5, 5.41) is 6.87. The molecule has 2 aliphatic heterocycles. The van der Waals surface area contributed by atoms with Gasteiger partial charge in [0.15, 0.2) is 0 Å². The van der Waals surface area contributed by atoms with Crippen LogP contribution in [0, 0.1) is 6.92 Å². The van der Waals surface area contributed by atoms with E-state index >= 15 is 0 Å². The van der Waals surface area contributed by atoms with Crippen molar-refractivity contribution in [3.05, 3.63) is 53.7 Å². The van der Waals surface area contributed by atoms with Crippen LogP contribution in [0.1, 0.15) is 57.1 Å². The number of rotatable bonds is 7. The first-order valence-corrected chi connectivity index (χ1v) is 13.4. The zero-order valence-corrected chi connectivity index (χ0v) is 22.7. The highest BCUT2D eigenvalue weighted by Gasteiger charge is 2.29. The maximum absolute atomic E-state index is 12.8.